The number of anilines is 1. The zero-order valence-corrected chi connectivity index (χ0v) is 17.7. The van der Waals surface area contributed by atoms with E-state index in [1.54, 1.807) is 16.8 Å². The Balaban J connectivity index is 1.21. The van der Waals surface area contributed by atoms with Crippen molar-refractivity contribution in [2.24, 2.45) is 5.92 Å². The van der Waals surface area contributed by atoms with Crippen LogP contribution in [0.3, 0.4) is 0 Å². The summed E-state index contributed by atoms with van der Waals surface area (Å²) in [5.41, 5.74) is 4.54. The Morgan fingerprint density at radius 1 is 1.06 bits per heavy atom. The fourth-order valence-electron chi connectivity index (χ4n) is 4.73. The lowest BCUT2D eigenvalue weighted by molar-refractivity contribution is 0.0686. The minimum absolute atomic E-state index is 0.0733. The number of nitrogens with zero attached hydrogens (tertiary/aromatic N) is 5. The molecule has 2 aliphatic heterocycles. The van der Waals surface area contributed by atoms with Gasteiger partial charge in [0.2, 0.25) is 0 Å². The van der Waals surface area contributed by atoms with Crippen LogP contribution < -0.4 is 4.90 Å². The topological polar surface area (TPSA) is 54.3 Å². The third kappa shape index (κ3) is 3.80. The Bertz CT molecular complexity index is 1090. The average molecular weight is 420 g/mol. The second-order valence-electron chi connectivity index (χ2n) is 8.47. The summed E-state index contributed by atoms with van der Waals surface area (Å²) in [6.45, 7) is 5.45. The molecule has 0 bridgehead atoms. The van der Waals surface area contributed by atoms with Gasteiger partial charge >= 0.3 is 0 Å². The van der Waals surface area contributed by atoms with Crippen LogP contribution in [0.5, 0.6) is 0 Å². The Morgan fingerprint density at radius 3 is 2.58 bits per heavy atom. The molecule has 2 aromatic carbocycles. The maximum Gasteiger partial charge on any atom is 0.276 e. The summed E-state index contributed by atoms with van der Waals surface area (Å²) in [4.78, 5) is 17.5. The molecule has 7 heteroatoms. The van der Waals surface area contributed by atoms with Crippen LogP contribution in [-0.4, -0.2) is 52.0 Å². The first-order valence-electron chi connectivity index (χ1n) is 10.9. The van der Waals surface area contributed by atoms with Crippen molar-refractivity contribution >= 4 is 11.6 Å². The zero-order chi connectivity index (χ0) is 21.4. The van der Waals surface area contributed by atoms with E-state index >= 15 is 0 Å². The lowest BCUT2D eigenvalue weighted by Crippen LogP contribution is -2.41. The van der Waals surface area contributed by atoms with Crippen molar-refractivity contribution in [1.82, 2.24) is 19.9 Å². The van der Waals surface area contributed by atoms with Crippen molar-refractivity contribution in [1.29, 1.82) is 0 Å². The van der Waals surface area contributed by atoms with Gasteiger partial charge in [0.1, 0.15) is 5.82 Å². The van der Waals surface area contributed by atoms with Gasteiger partial charge in [0.25, 0.3) is 5.91 Å². The molecule has 0 aliphatic carbocycles. The molecule has 1 aromatic heterocycles. The second kappa shape index (κ2) is 8.13. The van der Waals surface area contributed by atoms with Crippen molar-refractivity contribution in [3.8, 4) is 5.69 Å². The molecule has 0 saturated carbocycles. The minimum Gasteiger partial charge on any atom is -0.371 e. The van der Waals surface area contributed by atoms with Crippen LogP contribution >= 0.6 is 0 Å². The van der Waals surface area contributed by atoms with Crippen molar-refractivity contribution in [2.45, 2.75) is 26.2 Å². The number of amides is 1. The van der Waals surface area contributed by atoms with Gasteiger partial charge in [-0.05, 0) is 68.0 Å². The summed E-state index contributed by atoms with van der Waals surface area (Å²) in [6, 6.07) is 14.7. The monoisotopic (exact) mass is 419 g/mol. The van der Waals surface area contributed by atoms with Gasteiger partial charge in [-0.3, -0.25) is 4.79 Å². The number of hydrogen-bond acceptors (Lipinski definition) is 4. The Hall–Kier alpha value is -3.22. The first-order valence-corrected chi connectivity index (χ1v) is 10.9. The third-order valence-corrected chi connectivity index (χ3v) is 6.53. The molecule has 1 saturated heterocycles. The predicted molar refractivity (Wildman–Crippen MR) is 117 cm³/mol. The molecule has 2 aliphatic rings. The summed E-state index contributed by atoms with van der Waals surface area (Å²) in [6.07, 6.45) is 3.11. The molecular weight excluding hydrogens is 393 g/mol. The van der Waals surface area contributed by atoms with Crippen LogP contribution in [0.25, 0.3) is 5.69 Å². The predicted octanol–water partition coefficient (Wildman–Crippen LogP) is 3.63. The van der Waals surface area contributed by atoms with Gasteiger partial charge in [-0.1, -0.05) is 23.4 Å². The maximum atomic E-state index is 13.2. The smallest absolute Gasteiger partial charge is 0.276 e. The number of benzene rings is 2. The Morgan fingerprint density at radius 2 is 1.81 bits per heavy atom. The number of hydrogen-bond donors (Lipinski definition) is 0. The van der Waals surface area contributed by atoms with Crippen LogP contribution in [0.15, 0.2) is 48.5 Å². The van der Waals surface area contributed by atoms with Crippen LogP contribution in [0.2, 0.25) is 0 Å². The molecule has 1 fully saturated rings. The molecule has 0 unspecified atom stereocenters. The number of aromatic nitrogens is 3. The lowest BCUT2D eigenvalue weighted by atomic mass is 9.96. The van der Waals surface area contributed by atoms with Gasteiger partial charge in [0, 0.05) is 31.9 Å². The molecule has 0 radical (unpaired) electrons. The molecule has 3 heterocycles. The lowest BCUT2D eigenvalue weighted by Gasteiger charge is -2.34. The van der Waals surface area contributed by atoms with Crippen LogP contribution in [0.4, 0.5) is 10.1 Å². The van der Waals surface area contributed by atoms with E-state index in [-0.39, 0.29) is 11.7 Å². The molecule has 3 aromatic rings. The molecule has 5 rings (SSSR count). The SMILES string of the molecule is Cc1c(C(=O)N2CCC(CN3CCc4ccccc43)CC2)nnn1-c1ccc(F)cc1. The van der Waals surface area contributed by atoms with E-state index in [1.807, 2.05) is 11.8 Å². The van der Waals surface area contributed by atoms with Crippen molar-refractivity contribution in [3.63, 3.8) is 0 Å². The van der Waals surface area contributed by atoms with E-state index in [1.165, 1.54) is 23.4 Å². The maximum absolute atomic E-state index is 13.2. The third-order valence-electron chi connectivity index (χ3n) is 6.53. The molecule has 0 spiro atoms. The van der Waals surface area contributed by atoms with E-state index < -0.39 is 0 Å². The number of para-hydroxylation sites is 1. The average Bonchev–Trinajstić information content (AvgIpc) is 3.38. The quantitative estimate of drug-likeness (QED) is 0.648. The largest absolute Gasteiger partial charge is 0.371 e. The minimum atomic E-state index is -0.307. The highest BCUT2D eigenvalue weighted by Crippen LogP contribution is 2.30. The molecule has 31 heavy (non-hydrogen) atoms. The standard InChI is InChI=1S/C24H26FN5O/c1-17-23(26-27-30(17)21-8-6-20(25)7-9-21)24(31)28-13-10-18(11-14-28)16-29-15-12-19-4-2-3-5-22(19)29/h2-9,18H,10-16H2,1H3. The van der Waals surface area contributed by atoms with E-state index in [0.29, 0.717) is 23.0 Å². The van der Waals surface area contributed by atoms with E-state index in [9.17, 15) is 9.18 Å². The van der Waals surface area contributed by atoms with Crippen LogP contribution in [0, 0.1) is 18.7 Å². The second-order valence-corrected chi connectivity index (χ2v) is 8.47. The zero-order valence-electron chi connectivity index (χ0n) is 17.7. The number of piperidine rings is 1. The first kappa shape index (κ1) is 19.7. The van der Waals surface area contributed by atoms with Gasteiger partial charge < -0.3 is 9.80 Å². The summed E-state index contributed by atoms with van der Waals surface area (Å²) >= 11 is 0. The van der Waals surface area contributed by atoms with Crippen molar-refractivity contribution < 1.29 is 9.18 Å². The first-order chi connectivity index (χ1) is 15.1. The summed E-state index contributed by atoms with van der Waals surface area (Å²) in [7, 11) is 0. The summed E-state index contributed by atoms with van der Waals surface area (Å²) in [5.74, 6) is 0.208. The fourth-order valence-corrected chi connectivity index (χ4v) is 4.73. The van der Waals surface area contributed by atoms with E-state index in [2.05, 4.69) is 39.5 Å². The summed E-state index contributed by atoms with van der Waals surface area (Å²) < 4.78 is 14.8. The number of carbonyl (C=O) groups is 1. The fraction of sp³-hybridized carbons (Fsp3) is 0.375. The number of halogens is 1. The molecule has 160 valence electrons. The normalized spacial score (nSPS) is 16.6. The highest BCUT2D eigenvalue weighted by molar-refractivity contribution is 5.93. The van der Waals surface area contributed by atoms with Gasteiger partial charge in [-0.25, -0.2) is 9.07 Å². The number of fused-ring (bicyclic) bond motifs is 1. The van der Waals surface area contributed by atoms with Crippen LogP contribution in [0.1, 0.15) is 34.6 Å². The van der Waals surface area contributed by atoms with Gasteiger partial charge in [-0.2, -0.15) is 0 Å². The molecule has 6 nitrogen and oxygen atoms in total. The number of carbonyl (C=O) groups excluding carboxylic acids is 1. The molecule has 0 atom stereocenters. The summed E-state index contributed by atoms with van der Waals surface area (Å²) in [5, 5.41) is 8.26. The van der Waals surface area contributed by atoms with E-state index in [4.69, 9.17) is 0 Å². The van der Waals surface area contributed by atoms with Gasteiger partial charge in [-0.15, -0.1) is 5.10 Å². The van der Waals surface area contributed by atoms with Gasteiger partial charge in [0.05, 0.1) is 11.4 Å². The molecule has 0 N–H and O–H groups in total. The van der Waals surface area contributed by atoms with Crippen molar-refractivity contribution in [2.75, 3.05) is 31.1 Å². The molecular formula is C24H26FN5O. The number of likely N-dealkylation sites (tertiary alicyclic amines) is 1. The van der Waals surface area contributed by atoms with Gasteiger partial charge in [0.15, 0.2) is 5.69 Å². The van der Waals surface area contributed by atoms with Crippen LogP contribution in [-0.2, 0) is 6.42 Å². The Labute approximate surface area is 181 Å². The highest BCUT2D eigenvalue weighted by Gasteiger charge is 2.29. The van der Waals surface area contributed by atoms with E-state index in [0.717, 1.165) is 45.4 Å². The van der Waals surface area contributed by atoms with Crippen molar-refractivity contribution in [3.05, 3.63) is 71.3 Å². The highest BCUT2D eigenvalue weighted by atomic mass is 19.1. The number of rotatable bonds is 4. The Kier molecular flexibility index (Phi) is 5.18. The molecule has 1 amide bonds.